The van der Waals surface area contributed by atoms with E-state index in [2.05, 4.69) is 15.2 Å². The smallest absolute Gasteiger partial charge is 0.150 e. The molecular formula is C11H12N4. The molecule has 0 amide bonds. The summed E-state index contributed by atoms with van der Waals surface area (Å²) in [4.78, 5) is 5.96. The van der Waals surface area contributed by atoms with Crippen LogP contribution in [0, 0.1) is 0 Å². The molecule has 2 aromatic heterocycles. The topological polar surface area (TPSA) is 41.9 Å². The standard InChI is InChI=1S/C11H12N4/c1-15(2)11-6-5-10(13-14-11)9-4-3-7-12-8-9/h3-8H,1-2H3. The van der Waals surface area contributed by atoms with Gasteiger partial charge < -0.3 is 4.90 Å². The van der Waals surface area contributed by atoms with E-state index in [0.717, 1.165) is 17.1 Å². The van der Waals surface area contributed by atoms with Crippen LogP contribution in [0.3, 0.4) is 0 Å². The Kier molecular flexibility index (Phi) is 2.58. The highest BCUT2D eigenvalue weighted by Crippen LogP contribution is 2.15. The summed E-state index contributed by atoms with van der Waals surface area (Å²) in [5.41, 5.74) is 1.82. The summed E-state index contributed by atoms with van der Waals surface area (Å²) in [7, 11) is 3.88. The summed E-state index contributed by atoms with van der Waals surface area (Å²) in [6, 6.07) is 7.73. The second kappa shape index (κ2) is 4.04. The summed E-state index contributed by atoms with van der Waals surface area (Å²) >= 11 is 0. The molecule has 15 heavy (non-hydrogen) atoms. The lowest BCUT2D eigenvalue weighted by Gasteiger charge is -2.09. The average molecular weight is 200 g/mol. The van der Waals surface area contributed by atoms with Gasteiger partial charge in [0.2, 0.25) is 0 Å². The monoisotopic (exact) mass is 200 g/mol. The number of pyridine rings is 1. The Morgan fingerprint density at radius 2 is 1.93 bits per heavy atom. The van der Waals surface area contributed by atoms with Crippen molar-refractivity contribution in [1.82, 2.24) is 15.2 Å². The van der Waals surface area contributed by atoms with Gasteiger partial charge in [0.1, 0.15) is 0 Å². The van der Waals surface area contributed by atoms with Gasteiger partial charge in [0.25, 0.3) is 0 Å². The van der Waals surface area contributed by atoms with Crippen molar-refractivity contribution in [3.05, 3.63) is 36.7 Å². The Balaban J connectivity index is 2.32. The second-order valence-electron chi connectivity index (χ2n) is 3.41. The van der Waals surface area contributed by atoms with Crippen LogP contribution in [0.15, 0.2) is 36.7 Å². The van der Waals surface area contributed by atoms with Crippen molar-refractivity contribution < 1.29 is 0 Å². The SMILES string of the molecule is CN(C)c1ccc(-c2cccnc2)nn1. The van der Waals surface area contributed by atoms with Gasteiger partial charge in [-0.2, -0.15) is 0 Å². The van der Waals surface area contributed by atoms with Crippen LogP contribution in [0.25, 0.3) is 11.3 Å². The van der Waals surface area contributed by atoms with Crippen LogP contribution in [0.4, 0.5) is 5.82 Å². The molecule has 0 fully saturated rings. The lowest BCUT2D eigenvalue weighted by Crippen LogP contribution is -2.11. The van der Waals surface area contributed by atoms with E-state index in [4.69, 9.17) is 0 Å². The van der Waals surface area contributed by atoms with Gasteiger partial charge >= 0.3 is 0 Å². The quantitative estimate of drug-likeness (QED) is 0.738. The molecule has 0 aliphatic heterocycles. The Labute approximate surface area is 88.6 Å². The Bertz CT molecular complexity index is 422. The van der Waals surface area contributed by atoms with Crippen LogP contribution >= 0.6 is 0 Å². The predicted molar refractivity (Wildman–Crippen MR) is 59.6 cm³/mol. The lowest BCUT2D eigenvalue weighted by molar-refractivity contribution is 0.968. The first kappa shape index (κ1) is 9.58. The van der Waals surface area contributed by atoms with E-state index < -0.39 is 0 Å². The first-order valence-corrected chi connectivity index (χ1v) is 4.69. The molecule has 0 N–H and O–H groups in total. The van der Waals surface area contributed by atoms with Crippen molar-refractivity contribution in [2.75, 3.05) is 19.0 Å². The van der Waals surface area contributed by atoms with E-state index in [1.54, 1.807) is 12.4 Å². The van der Waals surface area contributed by atoms with Crippen LogP contribution in [0.1, 0.15) is 0 Å². The minimum absolute atomic E-state index is 0.841. The zero-order valence-corrected chi connectivity index (χ0v) is 8.75. The fourth-order valence-electron chi connectivity index (χ4n) is 1.23. The van der Waals surface area contributed by atoms with Gasteiger partial charge in [-0.1, -0.05) is 0 Å². The fraction of sp³-hybridized carbons (Fsp3) is 0.182. The third-order valence-corrected chi connectivity index (χ3v) is 2.07. The van der Waals surface area contributed by atoms with E-state index in [0.29, 0.717) is 0 Å². The molecule has 0 saturated heterocycles. The van der Waals surface area contributed by atoms with Gasteiger partial charge in [-0.15, -0.1) is 10.2 Å². The van der Waals surface area contributed by atoms with Crippen LogP contribution in [-0.2, 0) is 0 Å². The summed E-state index contributed by atoms with van der Waals surface area (Å²) in [5, 5.41) is 8.24. The Morgan fingerprint density at radius 3 is 2.47 bits per heavy atom. The van der Waals surface area contributed by atoms with Crippen molar-refractivity contribution in [2.24, 2.45) is 0 Å². The second-order valence-corrected chi connectivity index (χ2v) is 3.41. The van der Waals surface area contributed by atoms with Gasteiger partial charge in [-0.3, -0.25) is 4.98 Å². The molecule has 4 heteroatoms. The average Bonchev–Trinajstić information content (AvgIpc) is 2.30. The van der Waals surface area contributed by atoms with Crippen molar-refractivity contribution in [1.29, 1.82) is 0 Å². The maximum Gasteiger partial charge on any atom is 0.150 e. The van der Waals surface area contributed by atoms with Gasteiger partial charge in [0, 0.05) is 32.1 Å². The number of hydrogen-bond donors (Lipinski definition) is 0. The molecular weight excluding hydrogens is 188 g/mol. The van der Waals surface area contributed by atoms with Crippen LogP contribution in [0.5, 0.6) is 0 Å². The third-order valence-electron chi connectivity index (χ3n) is 2.07. The van der Waals surface area contributed by atoms with Crippen molar-refractivity contribution in [3.8, 4) is 11.3 Å². The molecule has 0 radical (unpaired) electrons. The van der Waals surface area contributed by atoms with Crippen LogP contribution in [-0.4, -0.2) is 29.3 Å². The highest BCUT2D eigenvalue weighted by atomic mass is 15.2. The largest absolute Gasteiger partial charge is 0.361 e. The molecule has 4 nitrogen and oxygen atoms in total. The molecule has 0 unspecified atom stereocenters. The molecule has 0 bridgehead atoms. The number of anilines is 1. The van der Waals surface area contributed by atoms with E-state index >= 15 is 0 Å². The number of aromatic nitrogens is 3. The first-order chi connectivity index (χ1) is 7.27. The minimum atomic E-state index is 0.841. The molecule has 76 valence electrons. The molecule has 0 aromatic carbocycles. The van der Waals surface area contributed by atoms with E-state index in [1.165, 1.54) is 0 Å². The van der Waals surface area contributed by atoms with Gasteiger partial charge in [0.15, 0.2) is 5.82 Å². The molecule has 0 atom stereocenters. The minimum Gasteiger partial charge on any atom is -0.361 e. The fourth-order valence-corrected chi connectivity index (χ4v) is 1.23. The first-order valence-electron chi connectivity index (χ1n) is 4.69. The molecule has 0 aliphatic carbocycles. The van der Waals surface area contributed by atoms with Gasteiger partial charge in [0.05, 0.1) is 5.69 Å². The third kappa shape index (κ3) is 2.10. The van der Waals surface area contributed by atoms with E-state index in [-0.39, 0.29) is 0 Å². The van der Waals surface area contributed by atoms with Crippen LogP contribution < -0.4 is 4.90 Å². The highest BCUT2D eigenvalue weighted by Gasteiger charge is 2.01. The highest BCUT2D eigenvalue weighted by molar-refractivity contribution is 5.58. The Hall–Kier alpha value is -1.97. The molecule has 2 aromatic rings. The number of nitrogens with zero attached hydrogens (tertiary/aromatic N) is 4. The summed E-state index contributed by atoms with van der Waals surface area (Å²) in [5.74, 6) is 0.850. The maximum absolute atomic E-state index is 4.14. The van der Waals surface area contributed by atoms with E-state index in [1.807, 2.05) is 43.3 Å². The zero-order valence-electron chi connectivity index (χ0n) is 8.75. The summed E-state index contributed by atoms with van der Waals surface area (Å²) < 4.78 is 0. The Morgan fingerprint density at radius 1 is 1.07 bits per heavy atom. The van der Waals surface area contributed by atoms with Crippen molar-refractivity contribution in [3.63, 3.8) is 0 Å². The van der Waals surface area contributed by atoms with Crippen molar-refractivity contribution in [2.45, 2.75) is 0 Å². The predicted octanol–water partition coefficient (Wildman–Crippen LogP) is 1.60. The van der Waals surface area contributed by atoms with E-state index in [9.17, 15) is 0 Å². The molecule has 2 rings (SSSR count). The van der Waals surface area contributed by atoms with Gasteiger partial charge in [-0.25, -0.2) is 0 Å². The van der Waals surface area contributed by atoms with Crippen molar-refractivity contribution >= 4 is 5.82 Å². The van der Waals surface area contributed by atoms with Gasteiger partial charge in [-0.05, 0) is 24.3 Å². The maximum atomic E-state index is 4.14. The lowest BCUT2D eigenvalue weighted by atomic mass is 10.2. The number of rotatable bonds is 2. The molecule has 0 aliphatic rings. The summed E-state index contributed by atoms with van der Waals surface area (Å²) in [6.07, 6.45) is 3.52. The molecule has 2 heterocycles. The normalized spacial score (nSPS) is 10.0. The zero-order chi connectivity index (χ0) is 10.7. The molecule has 0 spiro atoms. The number of hydrogen-bond acceptors (Lipinski definition) is 4. The van der Waals surface area contributed by atoms with Crippen LogP contribution in [0.2, 0.25) is 0 Å². The molecule has 0 saturated carbocycles. The summed E-state index contributed by atoms with van der Waals surface area (Å²) in [6.45, 7) is 0.